The summed E-state index contributed by atoms with van der Waals surface area (Å²) in [5, 5.41) is 11.4. The van der Waals surface area contributed by atoms with Crippen molar-refractivity contribution in [1.82, 2.24) is 4.90 Å². The Morgan fingerprint density at radius 2 is 1.80 bits per heavy atom. The molecule has 3 aromatic carbocycles. The van der Waals surface area contributed by atoms with E-state index in [0.29, 0.717) is 6.54 Å². The van der Waals surface area contributed by atoms with Crippen molar-refractivity contribution in [3.63, 3.8) is 0 Å². The molecule has 0 unspecified atom stereocenters. The average Bonchev–Trinajstić information content (AvgIpc) is 3.23. The van der Waals surface area contributed by atoms with Crippen LogP contribution in [0, 0.1) is 5.41 Å². The van der Waals surface area contributed by atoms with Crippen molar-refractivity contribution in [2.45, 2.75) is 50.2 Å². The summed E-state index contributed by atoms with van der Waals surface area (Å²) >= 11 is 0. The number of benzene rings is 3. The van der Waals surface area contributed by atoms with Crippen LogP contribution in [0.25, 0.3) is 5.70 Å². The molecule has 1 spiro atoms. The van der Waals surface area contributed by atoms with Crippen LogP contribution in [-0.4, -0.2) is 50.4 Å². The Morgan fingerprint density at radius 1 is 1.07 bits per heavy atom. The van der Waals surface area contributed by atoms with E-state index in [4.69, 9.17) is 14.9 Å². The smallest absolute Gasteiger partial charge is 0.238 e. The number of nitrogens with one attached hydrogen (secondary N) is 2. The van der Waals surface area contributed by atoms with E-state index < -0.39 is 5.41 Å². The minimum atomic E-state index is -0.523. The molecule has 1 saturated heterocycles. The van der Waals surface area contributed by atoms with Crippen LogP contribution in [-0.2, 0) is 16.8 Å². The molecular formula is C34H38N4O3. The normalized spacial score (nSPS) is 18.6. The summed E-state index contributed by atoms with van der Waals surface area (Å²) in [6.07, 6.45) is 7.75. The average molecular weight is 551 g/mol. The van der Waals surface area contributed by atoms with Gasteiger partial charge in [0.25, 0.3) is 0 Å². The number of hydrogen-bond donors (Lipinski definition) is 2. The molecule has 7 nitrogen and oxygen atoms in total. The third-order valence-electron chi connectivity index (χ3n) is 8.79. The van der Waals surface area contributed by atoms with Crippen LogP contribution < -0.4 is 19.7 Å². The number of allylic oxidation sites excluding steroid dienone is 1. The van der Waals surface area contributed by atoms with E-state index >= 15 is 0 Å². The summed E-state index contributed by atoms with van der Waals surface area (Å²) in [4.78, 5) is 18.5. The second kappa shape index (κ2) is 11.4. The zero-order chi connectivity index (χ0) is 28.4. The monoisotopic (exact) mass is 550 g/mol. The molecule has 2 fully saturated rings. The number of fused-ring (bicyclic) bond motifs is 2. The standard InChI is InChI=1S/C34H38N4O3/c1-37-19-14-28(15-20-37)41-31-22-25(30(13-18-35)36-26-7-4-3-5-8-26)21-29-32(31)38(33(39)34(29)16-6-17-34)23-24-9-11-27(40-2)12-10-24/h3-5,7-13,18,21-22,28,35-36H,6,14-17,19-20,23H2,1-2H3/b30-13-,35-18?. The number of anilines is 2. The maximum absolute atomic E-state index is 14.3. The molecule has 0 radical (unpaired) electrons. The Bertz CT molecular complexity index is 1440. The van der Waals surface area contributed by atoms with Crippen molar-refractivity contribution in [1.29, 1.82) is 5.41 Å². The highest BCUT2D eigenvalue weighted by Crippen LogP contribution is 2.57. The van der Waals surface area contributed by atoms with E-state index in [-0.39, 0.29) is 12.0 Å². The molecule has 41 heavy (non-hydrogen) atoms. The lowest BCUT2D eigenvalue weighted by Crippen LogP contribution is -2.44. The van der Waals surface area contributed by atoms with Crippen molar-refractivity contribution in [3.8, 4) is 11.5 Å². The van der Waals surface area contributed by atoms with Gasteiger partial charge in [-0.15, -0.1) is 0 Å². The zero-order valence-electron chi connectivity index (χ0n) is 23.9. The number of ether oxygens (including phenoxy) is 2. The molecule has 1 amide bonds. The van der Waals surface area contributed by atoms with E-state index in [2.05, 4.69) is 29.4 Å². The summed E-state index contributed by atoms with van der Waals surface area (Å²) in [5.41, 5.74) is 5.14. The van der Waals surface area contributed by atoms with Gasteiger partial charge in [0.1, 0.15) is 17.6 Å². The summed E-state index contributed by atoms with van der Waals surface area (Å²) in [5.74, 6) is 1.71. The predicted octanol–water partition coefficient (Wildman–Crippen LogP) is 6.24. The maximum Gasteiger partial charge on any atom is 0.238 e. The molecule has 0 atom stereocenters. The Balaban J connectivity index is 1.45. The second-order valence-electron chi connectivity index (χ2n) is 11.4. The fourth-order valence-corrected chi connectivity index (χ4v) is 6.30. The quantitative estimate of drug-likeness (QED) is 0.309. The number of likely N-dealkylation sites (tertiary alicyclic amines) is 1. The van der Waals surface area contributed by atoms with Gasteiger partial charge in [-0.05, 0) is 86.3 Å². The SMILES string of the molecule is COc1ccc(CN2C(=O)C3(CCC3)c3cc(/C(=C/C=N)Nc4ccccc4)cc(OC4CCN(C)CC4)c32)cc1. The second-order valence-corrected chi connectivity index (χ2v) is 11.4. The van der Waals surface area contributed by atoms with Gasteiger partial charge < -0.3 is 30.0 Å². The minimum Gasteiger partial charge on any atom is -0.497 e. The molecule has 2 heterocycles. The van der Waals surface area contributed by atoms with Gasteiger partial charge in [0.15, 0.2) is 0 Å². The van der Waals surface area contributed by atoms with Crippen LogP contribution >= 0.6 is 0 Å². The Labute approximate surface area is 242 Å². The number of carbonyl (C=O) groups excluding carboxylic acids is 1. The minimum absolute atomic E-state index is 0.0821. The lowest BCUT2D eigenvalue weighted by Gasteiger charge is -2.37. The van der Waals surface area contributed by atoms with Crippen LogP contribution in [0.4, 0.5) is 11.4 Å². The maximum atomic E-state index is 14.3. The summed E-state index contributed by atoms with van der Waals surface area (Å²) < 4.78 is 12.2. The first-order valence-corrected chi connectivity index (χ1v) is 14.5. The highest BCUT2D eigenvalue weighted by Gasteiger charge is 2.55. The number of piperidine rings is 1. The highest BCUT2D eigenvalue weighted by atomic mass is 16.5. The molecular weight excluding hydrogens is 512 g/mol. The molecule has 2 N–H and O–H groups in total. The van der Waals surface area contributed by atoms with Gasteiger partial charge >= 0.3 is 0 Å². The topological polar surface area (TPSA) is 77.9 Å². The molecule has 212 valence electrons. The number of amides is 1. The van der Waals surface area contributed by atoms with Gasteiger partial charge in [-0.2, -0.15) is 0 Å². The lowest BCUT2D eigenvalue weighted by atomic mass is 9.65. The van der Waals surface area contributed by atoms with E-state index in [1.807, 2.05) is 59.5 Å². The Kier molecular flexibility index (Phi) is 7.54. The summed E-state index contributed by atoms with van der Waals surface area (Å²) in [7, 11) is 3.81. The molecule has 6 rings (SSSR count). The first-order valence-electron chi connectivity index (χ1n) is 14.5. The van der Waals surface area contributed by atoms with Crippen molar-refractivity contribution in [2.24, 2.45) is 0 Å². The van der Waals surface area contributed by atoms with E-state index in [1.54, 1.807) is 13.2 Å². The first kappa shape index (κ1) is 27.1. The summed E-state index contributed by atoms with van der Waals surface area (Å²) in [6, 6.07) is 22.1. The number of para-hydroxylation sites is 1. The van der Waals surface area contributed by atoms with Gasteiger partial charge in [0.2, 0.25) is 5.91 Å². The molecule has 7 heteroatoms. The molecule has 3 aromatic rings. The number of methoxy groups -OCH3 is 1. The van der Waals surface area contributed by atoms with Crippen LogP contribution in [0.5, 0.6) is 11.5 Å². The van der Waals surface area contributed by atoms with Gasteiger partial charge in [-0.1, -0.05) is 36.8 Å². The first-order chi connectivity index (χ1) is 20.0. The van der Waals surface area contributed by atoms with E-state index in [1.165, 1.54) is 6.21 Å². The van der Waals surface area contributed by atoms with Crippen LogP contribution in [0.15, 0.2) is 72.8 Å². The van der Waals surface area contributed by atoms with Gasteiger partial charge in [0, 0.05) is 36.3 Å². The van der Waals surface area contributed by atoms with Crippen LogP contribution in [0.3, 0.4) is 0 Å². The summed E-state index contributed by atoms with van der Waals surface area (Å²) in [6.45, 7) is 2.45. The fraction of sp³-hybridized carbons (Fsp3) is 0.353. The Hall–Kier alpha value is -4.10. The van der Waals surface area contributed by atoms with Crippen LogP contribution in [0.2, 0.25) is 0 Å². The molecule has 2 aliphatic heterocycles. The molecule has 1 aliphatic carbocycles. The van der Waals surface area contributed by atoms with Gasteiger partial charge in [0.05, 0.1) is 24.8 Å². The lowest BCUT2D eigenvalue weighted by molar-refractivity contribution is -0.126. The predicted molar refractivity (Wildman–Crippen MR) is 164 cm³/mol. The number of hydrogen-bond acceptors (Lipinski definition) is 6. The number of carbonyl (C=O) groups is 1. The van der Waals surface area contributed by atoms with Crippen molar-refractivity contribution < 1.29 is 14.3 Å². The highest BCUT2D eigenvalue weighted by molar-refractivity contribution is 6.10. The van der Waals surface area contributed by atoms with Gasteiger partial charge in [-0.25, -0.2) is 0 Å². The molecule has 3 aliphatic rings. The number of nitrogens with zero attached hydrogens (tertiary/aromatic N) is 2. The van der Waals surface area contributed by atoms with Crippen molar-refractivity contribution >= 4 is 29.2 Å². The third-order valence-corrected chi connectivity index (χ3v) is 8.79. The van der Waals surface area contributed by atoms with Crippen molar-refractivity contribution in [2.75, 3.05) is 37.5 Å². The molecule has 0 bridgehead atoms. The largest absolute Gasteiger partial charge is 0.497 e. The number of rotatable bonds is 9. The Morgan fingerprint density at radius 3 is 2.44 bits per heavy atom. The zero-order valence-corrected chi connectivity index (χ0v) is 23.9. The third kappa shape index (κ3) is 5.22. The molecule has 0 aromatic heterocycles. The van der Waals surface area contributed by atoms with Gasteiger partial charge in [-0.3, -0.25) is 4.79 Å². The van der Waals surface area contributed by atoms with Crippen molar-refractivity contribution in [3.05, 3.63) is 89.5 Å². The fourth-order valence-electron chi connectivity index (χ4n) is 6.30. The molecule has 1 saturated carbocycles. The van der Waals surface area contributed by atoms with Crippen LogP contribution in [0.1, 0.15) is 48.8 Å². The van der Waals surface area contributed by atoms with E-state index in [9.17, 15) is 4.79 Å². The van der Waals surface area contributed by atoms with E-state index in [0.717, 1.165) is 90.5 Å².